The summed E-state index contributed by atoms with van der Waals surface area (Å²) in [6, 6.07) is 12.6. The van der Waals surface area contributed by atoms with Crippen LogP contribution in [0, 0.1) is 6.92 Å². The van der Waals surface area contributed by atoms with E-state index in [1.165, 1.54) is 16.9 Å². The fourth-order valence-corrected chi connectivity index (χ4v) is 4.43. The van der Waals surface area contributed by atoms with Crippen molar-refractivity contribution in [3.8, 4) is 0 Å². The van der Waals surface area contributed by atoms with Crippen molar-refractivity contribution in [2.75, 3.05) is 19.3 Å². The van der Waals surface area contributed by atoms with Crippen LogP contribution in [0.15, 0.2) is 47.5 Å². The lowest BCUT2D eigenvalue weighted by atomic mass is 10.1. The summed E-state index contributed by atoms with van der Waals surface area (Å²) >= 11 is 1.75. The number of thioether (sulfide) groups is 1. The van der Waals surface area contributed by atoms with Gasteiger partial charge in [-0.2, -0.15) is 0 Å². The molecule has 6 heteroatoms. The number of hydrogen-bond donors (Lipinski definition) is 1. The third-order valence-electron chi connectivity index (χ3n) is 5.55. The molecule has 0 spiro atoms. The van der Waals surface area contributed by atoms with Crippen LogP contribution in [-0.4, -0.2) is 39.5 Å². The quantitative estimate of drug-likeness (QED) is 0.619. The Morgan fingerprint density at radius 3 is 2.76 bits per heavy atom. The van der Waals surface area contributed by atoms with Gasteiger partial charge in [0.1, 0.15) is 5.65 Å². The highest BCUT2D eigenvalue weighted by molar-refractivity contribution is 7.98. The van der Waals surface area contributed by atoms with Gasteiger partial charge in [-0.25, -0.2) is 4.98 Å². The average Bonchev–Trinajstić information content (AvgIpc) is 3.14. The molecular weight excluding hydrogens is 380 g/mol. The second-order valence-corrected chi connectivity index (χ2v) is 8.48. The molecule has 1 aliphatic rings. The first-order chi connectivity index (χ1) is 14.2. The molecule has 1 saturated heterocycles. The maximum Gasteiger partial charge on any atom is 0.274 e. The van der Waals surface area contributed by atoms with Gasteiger partial charge in [-0.15, -0.1) is 11.8 Å². The number of piperidine rings is 1. The topological polar surface area (TPSA) is 49.6 Å². The standard InChI is InChI=1S/C23H28N4OS/c1-17-8-7-13-27-20(16-24-15-18-9-6-10-19(14-18)29-2)21(25-22(17)27)23(28)26-11-4-3-5-12-26/h6-10,13-14,24H,3-5,11-12,15-16H2,1-2H3. The summed E-state index contributed by atoms with van der Waals surface area (Å²) < 4.78 is 2.07. The van der Waals surface area contributed by atoms with Crippen molar-refractivity contribution in [3.63, 3.8) is 0 Å². The van der Waals surface area contributed by atoms with Gasteiger partial charge < -0.3 is 14.6 Å². The number of aryl methyl sites for hydroxylation is 1. The monoisotopic (exact) mass is 408 g/mol. The molecule has 152 valence electrons. The lowest BCUT2D eigenvalue weighted by Crippen LogP contribution is -2.36. The largest absolute Gasteiger partial charge is 0.337 e. The lowest BCUT2D eigenvalue weighted by Gasteiger charge is -2.26. The number of pyridine rings is 1. The number of aromatic nitrogens is 2. The fraction of sp³-hybridized carbons (Fsp3) is 0.391. The molecule has 0 atom stereocenters. The molecule has 1 fully saturated rings. The minimum Gasteiger partial charge on any atom is -0.337 e. The zero-order valence-electron chi connectivity index (χ0n) is 17.1. The van der Waals surface area contributed by atoms with E-state index in [2.05, 4.69) is 40.2 Å². The smallest absolute Gasteiger partial charge is 0.274 e. The van der Waals surface area contributed by atoms with Crippen molar-refractivity contribution in [3.05, 3.63) is 65.1 Å². The molecule has 2 aromatic heterocycles. The van der Waals surface area contributed by atoms with E-state index in [1.807, 2.05) is 30.2 Å². The van der Waals surface area contributed by atoms with E-state index in [9.17, 15) is 4.79 Å². The van der Waals surface area contributed by atoms with Crippen LogP contribution in [0.3, 0.4) is 0 Å². The summed E-state index contributed by atoms with van der Waals surface area (Å²) in [7, 11) is 0. The van der Waals surface area contributed by atoms with Crippen LogP contribution in [-0.2, 0) is 13.1 Å². The molecule has 1 aliphatic heterocycles. The Kier molecular flexibility index (Phi) is 6.21. The van der Waals surface area contributed by atoms with Gasteiger partial charge in [0.2, 0.25) is 0 Å². The predicted octanol–water partition coefficient (Wildman–Crippen LogP) is 4.28. The van der Waals surface area contributed by atoms with E-state index in [0.29, 0.717) is 12.2 Å². The molecular formula is C23H28N4OS. The molecule has 4 rings (SSSR count). The summed E-state index contributed by atoms with van der Waals surface area (Å²) in [5, 5.41) is 3.52. The molecule has 1 aromatic carbocycles. The summed E-state index contributed by atoms with van der Waals surface area (Å²) in [5.41, 5.74) is 4.73. The highest BCUT2D eigenvalue weighted by Gasteiger charge is 2.25. The van der Waals surface area contributed by atoms with Crippen molar-refractivity contribution in [1.29, 1.82) is 0 Å². The van der Waals surface area contributed by atoms with E-state index < -0.39 is 0 Å². The molecule has 0 aliphatic carbocycles. The number of imidazole rings is 1. The first-order valence-electron chi connectivity index (χ1n) is 10.3. The minimum absolute atomic E-state index is 0.0639. The van der Waals surface area contributed by atoms with Gasteiger partial charge in [0.15, 0.2) is 5.69 Å². The van der Waals surface area contributed by atoms with E-state index in [1.54, 1.807) is 11.8 Å². The van der Waals surface area contributed by atoms with Crippen molar-refractivity contribution >= 4 is 23.3 Å². The minimum atomic E-state index is 0.0639. The molecule has 0 unspecified atom stereocenters. The summed E-state index contributed by atoms with van der Waals surface area (Å²) in [4.78, 5) is 21.2. The maximum atomic E-state index is 13.2. The van der Waals surface area contributed by atoms with Gasteiger partial charge in [0.25, 0.3) is 5.91 Å². The van der Waals surface area contributed by atoms with Crippen LogP contribution in [0.25, 0.3) is 5.65 Å². The fourth-order valence-electron chi connectivity index (χ4n) is 3.95. The number of nitrogens with one attached hydrogen (secondary N) is 1. The van der Waals surface area contributed by atoms with Gasteiger partial charge in [0.05, 0.1) is 5.69 Å². The second-order valence-electron chi connectivity index (χ2n) is 7.60. The first kappa shape index (κ1) is 20.0. The van der Waals surface area contributed by atoms with E-state index in [4.69, 9.17) is 4.98 Å². The van der Waals surface area contributed by atoms with E-state index in [-0.39, 0.29) is 5.91 Å². The molecule has 0 radical (unpaired) electrons. The zero-order chi connectivity index (χ0) is 20.2. The van der Waals surface area contributed by atoms with Crippen molar-refractivity contribution in [2.45, 2.75) is 44.2 Å². The molecule has 0 bridgehead atoms. The Morgan fingerprint density at radius 2 is 1.97 bits per heavy atom. The van der Waals surface area contributed by atoms with Gasteiger partial charge in [-0.05, 0) is 61.8 Å². The van der Waals surface area contributed by atoms with Crippen LogP contribution >= 0.6 is 11.8 Å². The Bertz CT molecular complexity index is 1010. The Morgan fingerprint density at radius 1 is 1.14 bits per heavy atom. The highest BCUT2D eigenvalue weighted by atomic mass is 32.2. The summed E-state index contributed by atoms with van der Waals surface area (Å²) in [6.07, 6.45) is 7.46. The molecule has 1 amide bonds. The van der Waals surface area contributed by atoms with Crippen LogP contribution in [0.4, 0.5) is 0 Å². The van der Waals surface area contributed by atoms with E-state index in [0.717, 1.165) is 49.4 Å². The van der Waals surface area contributed by atoms with Crippen LogP contribution in [0.1, 0.15) is 46.6 Å². The summed E-state index contributed by atoms with van der Waals surface area (Å²) in [6.45, 7) is 5.07. The Hall–Kier alpha value is -2.31. The van der Waals surface area contributed by atoms with Gasteiger partial charge in [0, 0.05) is 37.3 Å². The number of hydrogen-bond acceptors (Lipinski definition) is 4. The third-order valence-corrected chi connectivity index (χ3v) is 6.27. The summed E-state index contributed by atoms with van der Waals surface area (Å²) in [5.74, 6) is 0.0639. The normalized spacial score (nSPS) is 14.5. The van der Waals surface area contributed by atoms with Crippen molar-refractivity contribution < 1.29 is 4.79 Å². The number of amides is 1. The number of carbonyl (C=O) groups is 1. The number of rotatable bonds is 6. The van der Waals surface area contributed by atoms with Crippen LogP contribution in [0.2, 0.25) is 0 Å². The van der Waals surface area contributed by atoms with Crippen LogP contribution < -0.4 is 5.32 Å². The highest BCUT2D eigenvalue weighted by Crippen LogP contribution is 2.20. The molecule has 0 saturated carbocycles. The van der Waals surface area contributed by atoms with Crippen LogP contribution in [0.5, 0.6) is 0 Å². The van der Waals surface area contributed by atoms with Gasteiger partial charge in [-0.3, -0.25) is 4.79 Å². The molecule has 5 nitrogen and oxygen atoms in total. The zero-order valence-corrected chi connectivity index (χ0v) is 18.0. The predicted molar refractivity (Wildman–Crippen MR) is 118 cm³/mol. The number of likely N-dealkylation sites (tertiary alicyclic amines) is 1. The lowest BCUT2D eigenvalue weighted by molar-refractivity contribution is 0.0717. The number of carbonyl (C=O) groups excluding carboxylic acids is 1. The maximum absolute atomic E-state index is 13.2. The molecule has 29 heavy (non-hydrogen) atoms. The Labute approximate surface area is 176 Å². The second kappa shape index (κ2) is 9.01. The molecule has 1 N–H and O–H groups in total. The van der Waals surface area contributed by atoms with E-state index >= 15 is 0 Å². The Balaban J connectivity index is 1.59. The first-order valence-corrected chi connectivity index (χ1v) is 11.5. The number of benzene rings is 1. The number of fused-ring (bicyclic) bond motifs is 1. The van der Waals surface area contributed by atoms with Crippen molar-refractivity contribution in [2.24, 2.45) is 0 Å². The van der Waals surface area contributed by atoms with Gasteiger partial charge >= 0.3 is 0 Å². The average molecular weight is 409 g/mol. The van der Waals surface area contributed by atoms with Crippen molar-refractivity contribution in [1.82, 2.24) is 19.6 Å². The molecule has 3 aromatic rings. The SMILES string of the molecule is CSc1cccc(CNCc2c(C(=O)N3CCCCC3)nc3c(C)cccn23)c1. The number of nitrogens with zero attached hydrogens (tertiary/aromatic N) is 3. The third kappa shape index (κ3) is 4.33. The van der Waals surface area contributed by atoms with Gasteiger partial charge in [-0.1, -0.05) is 18.2 Å². The molecule has 3 heterocycles.